The molecule has 1 unspecified atom stereocenters. The minimum absolute atomic E-state index is 0.0165. The van der Waals surface area contributed by atoms with E-state index in [0.29, 0.717) is 6.54 Å². The van der Waals surface area contributed by atoms with E-state index < -0.39 is 0 Å². The number of nitrogens with one attached hydrogen (secondary N) is 1. The first-order valence-corrected chi connectivity index (χ1v) is 7.05. The summed E-state index contributed by atoms with van der Waals surface area (Å²) < 4.78 is 5.15. The molecule has 1 N–H and O–H groups in total. The Hall–Kier alpha value is -1.10. The van der Waals surface area contributed by atoms with Gasteiger partial charge in [0.15, 0.2) is 0 Å². The normalized spacial score (nSPS) is 25.7. The molecule has 0 aromatic rings. The monoisotopic (exact) mass is 268 g/mol. The fraction of sp³-hybridized carbons (Fsp3) is 0.857. The molecule has 1 aliphatic carbocycles. The van der Waals surface area contributed by atoms with Gasteiger partial charge in [0.2, 0.25) is 11.8 Å². The fourth-order valence-corrected chi connectivity index (χ4v) is 2.86. The van der Waals surface area contributed by atoms with Crippen LogP contribution in [0.3, 0.4) is 0 Å². The molecule has 1 aliphatic heterocycles. The third-order valence-electron chi connectivity index (χ3n) is 4.27. The van der Waals surface area contributed by atoms with Crippen LogP contribution < -0.4 is 5.32 Å². The molecule has 2 amide bonds. The topological polar surface area (TPSA) is 58.6 Å². The summed E-state index contributed by atoms with van der Waals surface area (Å²) in [5.74, 6) is 0.168. The zero-order valence-electron chi connectivity index (χ0n) is 12.1. The summed E-state index contributed by atoms with van der Waals surface area (Å²) in [6.45, 7) is 5.55. The van der Waals surface area contributed by atoms with E-state index in [1.54, 1.807) is 12.0 Å². The van der Waals surface area contributed by atoms with E-state index in [4.69, 9.17) is 4.74 Å². The highest BCUT2D eigenvalue weighted by molar-refractivity contribution is 5.95. The van der Waals surface area contributed by atoms with Gasteiger partial charge in [-0.15, -0.1) is 0 Å². The van der Waals surface area contributed by atoms with Crippen LogP contribution in [0.2, 0.25) is 0 Å². The van der Waals surface area contributed by atoms with Crippen LogP contribution in [-0.2, 0) is 14.3 Å². The largest absolute Gasteiger partial charge is 0.385 e. The molecule has 2 rings (SSSR count). The number of hydrogen-bond donors (Lipinski definition) is 1. The van der Waals surface area contributed by atoms with Crippen molar-refractivity contribution in [1.82, 2.24) is 10.2 Å². The van der Waals surface area contributed by atoms with E-state index in [2.05, 4.69) is 5.32 Å². The van der Waals surface area contributed by atoms with Gasteiger partial charge in [-0.2, -0.15) is 0 Å². The minimum Gasteiger partial charge on any atom is -0.385 e. The summed E-state index contributed by atoms with van der Waals surface area (Å²) in [6, 6.07) is -0.318. The van der Waals surface area contributed by atoms with Crippen LogP contribution in [0, 0.1) is 11.3 Å². The van der Waals surface area contributed by atoms with E-state index in [1.807, 2.05) is 13.8 Å². The number of carbonyl (C=O) groups excluding carboxylic acids is 2. The third kappa shape index (κ3) is 3.08. The molecule has 0 spiro atoms. The molecule has 2 fully saturated rings. The van der Waals surface area contributed by atoms with Crippen molar-refractivity contribution in [2.75, 3.05) is 26.8 Å². The van der Waals surface area contributed by atoms with Gasteiger partial charge in [-0.25, -0.2) is 0 Å². The highest BCUT2D eigenvalue weighted by atomic mass is 16.5. The lowest BCUT2D eigenvalue weighted by Crippen LogP contribution is -2.61. The van der Waals surface area contributed by atoms with Crippen molar-refractivity contribution in [1.29, 1.82) is 0 Å². The SMILES string of the molecule is COCCC1(CN2C(=O)CNC(=O)C2C(C)C)CC1. The Morgan fingerprint density at radius 2 is 2.11 bits per heavy atom. The highest BCUT2D eigenvalue weighted by Crippen LogP contribution is 2.49. The van der Waals surface area contributed by atoms with Crippen LogP contribution >= 0.6 is 0 Å². The zero-order valence-corrected chi connectivity index (χ0v) is 12.1. The quantitative estimate of drug-likeness (QED) is 0.774. The summed E-state index contributed by atoms with van der Waals surface area (Å²) in [4.78, 5) is 25.9. The van der Waals surface area contributed by atoms with Gasteiger partial charge in [0.1, 0.15) is 6.04 Å². The lowest BCUT2D eigenvalue weighted by atomic mass is 9.95. The van der Waals surface area contributed by atoms with Crippen LogP contribution in [-0.4, -0.2) is 49.6 Å². The fourth-order valence-electron chi connectivity index (χ4n) is 2.86. The number of hydrogen-bond acceptors (Lipinski definition) is 3. The lowest BCUT2D eigenvalue weighted by molar-refractivity contribution is -0.148. The summed E-state index contributed by atoms with van der Waals surface area (Å²) in [7, 11) is 1.70. The summed E-state index contributed by atoms with van der Waals surface area (Å²) in [5.41, 5.74) is 0.191. The van der Waals surface area contributed by atoms with E-state index >= 15 is 0 Å². The Morgan fingerprint density at radius 3 is 2.63 bits per heavy atom. The zero-order chi connectivity index (χ0) is 14.0. The summed E-state index contributed by atoms with van der Waals surface area (Å²) in [6.07, 6.45) is 3.23. The van der Waals surface area contributed by atoms with Crippen LogP contribution in [0.4, 0.5) is 0 Å². The summed E-state index contributed by atoms with van der Waals surface area (Å²) in [5, 5.41) is 2.69. The molecule has 5 nitrogen and oxygen atoms in total. The van der Waals surface area contributed by atoms with Gasteiger partial charge >= 0.3 is 0 Å². The molecule has 1 heterocycles. The Kier molecular flexibility index (Phi) is 4.13. The minimum atomic E-state index is -0.318. The Bertz CT molecular complexity index is 364. The van der Waals surface area contributed by atoms with Crippen LogP contribution in [0.1, 0.15) is 33.1 Å². The van der Waals surface area contributed by atoms with Gasteiger partial charge in [-0.05, 0) is 30.6 Å². The van der Waals surface area contributed by atoms with E-state index in [1.165, 1.54) is 0 Å². The molecule has 0 aromatic heterocycles. The third-order valence-corrected chi connectivity index (χ3v) is 4.27. The first-order chi connectivity index (χ1) is 8.99. The van der Waals surface area contributed by atoms with Crippen molar-refractivity contribution in [3.63, 3.8) is 0 Å². The van der Waals surface area contributed by atoms with Gasteiger partial charge in [0.05, 0.1) is 6.54 Å². The Balaban J connectivity index is 2.06. The van der Waals surface area contributed by atoms with Gasteiger partial charge < -0.3 is 15.0 Å². The number of rotatable bonds is 6. The van der Waals surface area contributed by atoms with E-state index in [-0.39, 0.29) is 35.7 Å². The van der Waals surface area contributed by atoms with E-state index in [0.717, 1.165) is 25.9 Å². The van der Waals surface area contributed by atoms with E-state index in [9.17, 15) is 9.59 Å². The van der Waals surface area contributed by atoms with Crippen molar-refractivity contribution in [3.05, 3.63) is 0 Å². The molecule has 19 heavy (non-hydrogen) atoms. The average Bonchev–Trinajstić information content (AvgIpc) is 3.11. The van der Waals surface area contributed by atoms with Crippen molar-refractivity contribution in [2.45, 2.75) is 39.2 Å². The molecule has 0 bridgehead atoms. The number of ether oxygens (including phenoxy) is 1. The van der Waals surface area contributed by atoms with Crippen LogP contribution in [0.15, 0.2) is 0 Å². The number of amides is 2. The van der Waals surface area contributed by atoms with Crippen LogP contribution in [0.25, 0.3) is 0 Å². The first-order valence-electron chi connectivity index (χ1n) is 7.05. The molecule has 1 atom stereocenters. The molecular weight excluding hydrogens is 244 g/mol. The smallest absolute Gasteiger partial charge is 0.243 e. The Morgan fingerprint density at radius 1 is 1.42 bits per heavy atom. The number of piperazine rings is 1. The van der Waals surface area contributed by atoms with Gasteiger partial charge in [0.25, 0.3) is 0 Å². The molecule has 108 valence electrons. The maximum absolute atomic E-state index is 12.1. The van der Waals surface area contributed by atoms with Crippen molar-refractivity contribution in [3.8, 4) is 0 Å². The van der Waals surface area contributed by atoms with Gasteiger partial charge in [-0.3, -0.25) is 9.59 Å². The molecule has 0 radical (unpaired) electrons. The first kappa shape index (κ1) is 14.3. The maximum Gasteiger partial charge on any atom is 0.243 e. The molecule has 1 saturated carbocycles. The summed E-state index contributed by atoms with van der Waals surface area (Å²) >= 11 is 0. The highest BCUT2D eigenvalue weighted by Gasteiger charge is 2.47. The molecular formula is C14H24N2O3. The molecule has 0 aromatic carbocycles. The van der Waals surface area contributed by atoms with Crippen molar-refractivity contribution >= 4 is 11.8 Å². The molecule has 2 aliphatic rings. The average molecular weight is 268 g/mol. The second-order valence-electron chi connectivity index (χ2n) is 6.17. The second kappa shape index (κ2) is 5.49. The number of methoxy groups -OCH3 is 1. The second-order valence-corrected chi connectivity index (χ2v) is 6.17. The standard InChI is InChI=1S/C14H24N2O3/c1-10(2)12-13(18)15-8-11(17)16(12)9-14(4-5-14)6-7-19-3/h10,12H,4-9H2,1-3H3,(H,15,18). The molecule has 1 saturated heterocycles. The van der Waals surface area contributed by atoms with Crippen molar-refractivity contribution in [2.24, 2.45) is 11.3 Å². The Labute approximate surface area is 114 Å². The predicted octanol–water partition coefficient (Wildman–Crippen LogP) is 0.786. The van der Waals surface area contributed by atoms with Gasteiger partial charge in [-0.1, -0.05) is 13.8 Å². The van der Waals surface area contributed by atoms with Crippen LogP contribution in [0.5, 0.6) is 0 Å². The lowest BCUT2D eigenvalue weighted by Gasteiger charge is -2.39. The molecule has 5 heteroatoms. The van der Waals surface area contributed by atoms with Crippen molar-refractivity contribution < 1.29 is 14.3 Å². The maximum atomic E-state index is 12.1. The van der Waals surface area contributed by atoms with Gasteiger partial charge in [0, 0.05) is 20.3 Å². The number of nitrogens with zero attached hydrogens (tertiary/aromatic N) is 1. The predicted molar refractivity (Wildman–Crippen MR) is 71.5 cm³/mol. The number of carbonyl (C=O) groups is 2.